The quantitative estimate of drug-likeness (QED) is 0.777. The largest absolute Gasteiger partial charge is 0.493 e. The molecule has 2 heteroatoms. The first-order valence-electron chi connectivity index (χ1n) is 6.65. The lowest BCUT2D eigenvalue weighted by atomic mass is 9.74. The summed E-state index contributed by atoms with van der Waals surface area (Å²) in [5, 5.41) is 0. The second kappa shape index (κ2) is 4.88. The first kappa shape index (κ1) is 12.0. The molecule has 0 fully saturated rings. The molecule has 0 saturated heterocycles. The summed E-state index contributed by atoms with van der Waals surface area (Å²) in [6.45, 7) is 2.51. The van der Waals surface area contributed by atoms with Crippen LogP contribution in [0.25, 0.3) is 0 Å². The van der Waals surface area contributed by atoms with Crippen molar-refractivity contribution in [3.05, 3.63) is 65.2 Å². The summed E-state index contributed by atoms with van der Waals surface area (Å²) in [6.07, 6.45) is 0.843. The summed E-state index contributed by atoms with van der Waals surface area (Å²) in [5.74, 6) is 0.861. The Hall–Kier alpha value is -2.09. The van der Waals surface area contributed by atoms with Crippen LogP contribution in [0.4, 0.5) is 0 Å². The fourth-order valence-corrected chi connectivity index (χ4v) is 2.63. The van der Waals surface area contributed by atoms with Crippen molar-refractivity contribution in [1.29, 1.82) is 0 Å². The molecule has 0 amide bonds. The standard InChI is InChI=1S/C17H16O2/c1-2-19-16-10-6-5-9-14(16)17(18)15-11-12-7-3-4-8-13(12)15/h3-10,15H,2,11H2,1H3. The maximum absolute atomic E-state index is 12.6. The first-order chi connectivity index (χ1) is 9.31. The fourth-order valence-electron chi connectivity index (χ4n) is 2.63. The average molecular weight is 252 g/mol. The highest BCUT2D eigenvalue weighted by atomic mass is 16.5. The normalized spacial score (nSPS) is 16.4. The minimum absolute atomic E-state index is 0.00203. The molecule has 0 heterocycles. The van der Waals surface area contributed by atoms with Crippen LogP contribution in [0.2, 0.25) is 0 Å². The Balaban J connectivity index is 1.90. The Labute approximate surface area is 113 Å². The van der Waals surface area contributed by atoms with Crippen molar-refractivity contribution in [1.82, 2.24) is 0 Å². The number of hydrogen-bond donors (Lipinski definition) is 0. The molecule has 0 radical (unpaired) electrons. The third-order valence-corrected chi connectivity index (χ3v) is 3.62. The van der Waals surface area contributed by atoms with Crippen molar-refractivity contribution >= 4 is 5.78 Å². The summed E-state index contributed by atoms with van der Waals surface area (Å²) < 4.78 is 5.54. The minimum atomic E-state index is -0.00203. The molecule has 19 heavy (non-hydrogen) atoms. The number of ether oxygens (including phenoxy) is 1. The smallest absolute Gasteiger partial charge is 0.174 e. The highest BCUT2D eigenvalue weighted by molar-refractivity contribution is 6.04. The van der Waals surface area contributed by atoms with E-state index in [-0.39, 0.29) is 11.7 Å². The Bertz CT molecular complexity index is 616. The van der Waals surface area contributed by atoms with Crippen LogP contribution in [-0.4, -0.2) is 12.4 Å². The van der Waals surface area contributed by atoms with Crippen LogP contribution in [0.15, 0.2) is 48.5 Å². The second-order valence-electron chi connectivity index (χ2n) is 4.75. The predicted octanol–water partition coefficient (Wildman–Crippen LogP) is 3.61. The van der Waals surface area contributed by atoms with E-state index in [0.717, 1.165) is 6.42 Å². The monoisotopic (exact) mass is 252 g/mol. The number of ketones is 1. The maximum atomic E-state index is 12.6. The van der Waals surface area contributed by atoms with E-state index in [0.29, 0.717) is 17.9 Å². The van der Waals surface area contributed by atoms with E-state index in [1.807, 2.05) is 49.4 Å². The summed E-state index contributed by atoms with van der Waals surface area (Å²) in [6, 6.07) is 15.7. The van der Waals surface area contributed by atoms with Gasteiger partial charge in [-0.15, -0.1) is 0 Å². The molecule has 1 aliphatic rings. The molecule has 3 rings (SSSR count). The number of fused-ring (bicyclic) bond motifs is 1. The predicted molar refractivity (Wildman–Crippen MR) is 74.8 cm³/mol. The van der Waals surface area contributed by atoms with Gasteiger partial charge in [0.15, 0.2) is 5.78 Å². The Morgan fingerprint density at radius 3 is 2.68 bits per heavy atom. The number of carbonyl (C=O) groups excluding carboxylic acids is 1. The Morgan fingerprint density at radius 1 is 1.16 bits per heavy atom. The van der Waals surface area contributed by atoms with E-state index in [1.54, 1.807) is 0 Å². The summed E-state index contributed by atoms with van der Waals surface area (Å²) in [4.78, 5) is 12.6. The van der Waals surface area contributed by atoms with Crippen LogP contribution in [0.1, 0.15) is 34.3 Å². The summed E-state index contributed by atoms with van der Waals surface area (Å²) >= 11 is 0. The molecule has 2 nitrogen and oxygen atoms in total. The average Bonchev–Trinajstić information content (AvgIpc) is 2.41. The molecule has 0 aromatic heterocycles. The van der Waals surface area contributed by atoms with Gasteiger partial charge < -0.3 is 4.74 Å². The van der Waals surface area contributed by atoms with Gasteiger partial charge in [-0.2, -0.15) is 0 Å². The number of carbonyl (C=O) groups is 1. The molecular weight excluding hydrogens is 236 g/mol. The van der Waals surface area contributed by atoms with E-state index in [4.69, 9.17) is 4.74 Å². The summed E-state index contributed by atoms with van der Waals surface area (Å²) in [5.41, 5.74) is 3.15. The SMILES string of the molecule is CCOc1ccccc1C(=O)C1Cc2ccccc21. The van der Waals surface area contributed by atoms with Gasteiger partial charge in [0.25, 0.3) is 0 Å². The van der Waals surface area contributed by atoms with E-state index in [9.17, 15) is 4.79 Å². The van der Waals surface area contributed by atoms with Crippen LogP contribution in [0.3, 0.4) is 0 Å². The lowest BCUT2D eigenvalue weighted by Crippen LogP contribution is -2.25. The molecule has 2 aromatic carbocycles. The zero-order valence-electron chi connectivity index (χ0n) is 10.9. The number of para-hydroxylation sites is 1. The lowest BCUT2D eigenvalue weighted by molar-refractivity contribution is 0.0945. The van der Waals surface area contributed by atoms with Crippen molar-refractivity contribution in [2.45, 2.75) is 19.3 Å². The lowest BCUT2D eigenvalue weighted by Gasteiger charge is -2.29. The number of hydrogen-bond acceptors (Lipinski definition) is 2. The third-order valence-electron chi connectivity index (χ3n) is 3.62. The van der Waals surface area contributed by atoms with E-state index >= 15 is 0 Å². The molecule has 0 saturated carbocycles. The van der Waals surface area contributed by atoms with Gasteiger partial charge in [-0.3, -0.25) is 4.79 Å². The van der Waals surface area contributed by atoms with Crippen LogP contribution in [-0.2, 0) is 6.42 Å². The topological polar surface area (TPSA) is 26.3 Å². The summed E-state index contributed by atoms with van der Waals surface area (Å²) in [7, 11) is 0. The van der Waals surface area contributed by atoms with Crippen molar-refractivity contribution in [3.8, 4) is 5.75 Å². The van der Waals surface area contributed by atoms with Gasteiger partial charge in [-0.25, -0.2) is 0 Å². The third kappa shape index (κ3) is 2.03. The van der Waals surface area contributed by atoms with Crippen molar-refractivity contribution < 1.29 is 9.53 Å². The highest BCUT2D eigenvalue weighted by Crippen LogP contribution is 2.38. The minimum Gasteiger partial charge on any atom is -0.493 e. The molecule has 2 aromatic rings. The fraction of sp³-hybridized carbons (Fsp3) is 0.235. The van der Waals surface area contributed by atoms with Gasteiger partial charge in [-0.1, -0.05) is 36.4 Å². The van der Waals surface area contributed by atoms with Gasteiger partial charge in [0.1, 0.15) is 5.75 Å². The van der Waals surface area contributed by atoms with Crippen molar-refractivity contribution in [2.24, 2.45) is 0 Å². The van der Waals surface area contributed by atoms with E-state index < -0.39 is 0 Å². The van der Waals surface area contributed by atoms with Crippen molar-refractivity contribution in [2.75, 3.05) is 6.61 Å². The molecule has 0 spiro atoms. The van der Waals surface area contributed by atoms with E-state index in [2.05, 4.69) is 6.07 Å². The molecular formula is C17H16O2. The Kier molecular flexibility index (Phi) is 3.08. The molecule has 0 aliphatic heterocycles. The van der Waals surface area contributed by atoms with Crippen LogP contribution >= 0.6 is 0 Å². The van der Waals surface area contributed by atoms with Gasteiger partial charge >= 0.3 is 0 Å². The molecule has 0 N–H and O–H groups in total. The zero-order valence-corrected chi connectivity index (χ0v) is 10.9. The number of rotatable bonds is 4. The van der Waals surface area contributed by atoms with Crippen LogP contribution < -0.4 is 4.74 Å². The van der Waals surface area contributed by atoms with Gasteiger partial charge in [0.05, 0.1) is 18.1 Å². The second-order valence-corrected chi connectivity index (χ2v) is 4.75. The molecule has 96 valence electrons. The maximum Gasteiger partial charge on any atom is 0.174 e. The number of benzene rings is 2. The highest BCUT2D eigenvalue weighted by Gasteiger charge is 2.33. The molecule has 1 atom stereocenters. The molecule has 1 aliphatic carbocycles. The van der Waals surface area contributed by atoms with Crippen LogP contribution in [0, 0.1) is 0 Å². The zero-order chi connectivity index (χ0) is 13.2. The number of Topliss-reactive ketones (excluding diaryl/α,β-unsaturated/α-hetero) is 1. The Morgan fingerprint density at radius 2 is 1.89 bits per heavy atom. The molecule has 1 unspecified atom stereocenters. The van der Waals surface area contributed by atoms with Crippen LogP contribution in [0.5, 0.6) is 5.75 Å². The van der Waals surface area contributed by atoms with Gasteiger partial charge in [0, 0.05) is 0 Å². The molecule has 0 bridgehead atoms. The van der Waals surface area contributed by atoms with Crippen molar-refractivity contribution in [3.63, 3.8) is 0 Å². The van der Waals surface area contributed by atoms with Gasteiger partial charge in [0.2, 0.25) is 0 Å². The first-order valence-corrected chi connectivity index (χ1v) is 6.65. The van der Waals surface area contributed by atoms with Gasteiger partial charge in [-0.05, 0) is 36.6 Å². The van der Waals surface area contributed by atoms with E-state index in [1.165, 1.54) is 11.1 Å².